The number of H-pyrrole nitrogens is 1. The largest absolute Gasteiger partial charge is 0.381 e. The summed E-state index contributed by atoms with van der Waals surface area (Å²) < 4.78 is 20.7. The first-order chi connectivity index (χ1) is 14.6. The maximum absolute atomic E-state index is 13.2. The lowest BCUT2D eigenvalue weighted by atomic mass is 9.95. The number of hydrogen-bond acceptors (Lipinski definition) is 4. The van der Waals surface area contributed by atoms with Crippen LogP contribution < -0.4 is 5.56 Å². The van der Waals surface area contributed by atoms with Gasteiger partial charge in [0.05, 0.1) is 6.20 Å². The van der Waals surface area contributed by atoms with Crippen LogP contribution in [0.4, 0.5) is 4.39 Å². The second-order valence-electron chi connectivity index (χ2n) is 8.70. The molecule has 0 aliphatic carbocycles. The van der Waals surface area contributed by atoms with E-state index < -0.39 is 0 Å². The van der Waals surface area contributed by atoms with Crippen LogP contribution in [-0.4, -0.2) is 45.6 Å². The minimum atomic E-state index is -0.210. The zero-order valence-corrected chi connectivity index (χ0v) is 17.2. The van der Waals surface area contributed by atoms with Crippen molar-refractivity contribution in [3.05, 3.63) is 69.9 Å². The van der Waals surface area contributed by atoms with Crippen molar-refractivity contribution >= 4 is 5.52 Å². The molecule has 30 heavy (non-hydrogen) atoms. The van der Waals surface area contributed by atoms with Crippen molar-refractivity contribution in [2.75, 3.05) is 26.3 Å². The van der Waals surface area contributed by atoms with Crippen molar-refractivity contribution < 1.29 is 9.13 Å². The van der Waals surface area contributed by atoms with E-state index in [0.29, 0.717) is 17.4 Å². The van der Waals surface area contributed by atoms with Crippen LogP contribution in [0.1, 0.15) is 48.7 Å². The molecule has 0 spiro atoms. The molecule has 4 heterocycles. The first-order valence-electron chi connectivity index (χ1n) is 10.7. The third-order valence-electron chi connectivity index (χ3n) is 6.58. The zero-order chi connectivity index (χ0) is 20.7. The minimum absolute atomic E-state index is 0.0810. The molecule has 6 nitrogen and oxygen atoms in total. The molecule has 2 unspecified atom stereocenters. The van der Waals surface area contributed by atoms with Gasteiger partial charge >= 0.3 is 0 Å². The Morgan fingerprint density at radius 3 is 2.73 bits per heavy atom. The second kappa shape index (κ2) is 7.96. The third-order valence-corrected chi connectivity index (χ3v) is 6.58. The molecule has 2 aliphatic heterocycles. The van der Waals surface area contributed by atoms with Crippen molar-refractivity contribution in [1.29, 1.82) is 0 Å². The van der Waals surface area contributed by atoms with Crippen LogP contribution in [0.25, 0.3) is 5.52 Å². The van der Waals surface area contributed by atoms with E-state index in [1.165, 1.54) is 12.1 Å². The molecule has 1 N–H and O–H groups in total. The number of benzene rings is 1. The Hall–Kier alpha value is -2.51. The van der Waals surface area contributed by atoms with Crippen LogP contribution in [-0.2, 0) is 11.3 Å². The van der Waals surface area contributed by atoms with Crippen LogP contribution in [0.2, 0.25) is 0 Å². The van der Waals surface area contributed by atoms with Gasteiger partial charge in [-0.25, -0.2) is 9.37 Å². The summed E-state index contributed by atoms with van der Waals surface area (Å²) in [5, 5.41) is 0. The molecule has 2 saturated heterocycles. The smallest absolute Gasteiger partial charge is 0.274 e. The van der Waals surface area contributed by atoms with Crippen molar-refractivity contribution in [2.45, 2.75) is 38.1 Å². The number of halogens is 1. The summed E-state index contributed by atoms with van der Waals surface area (Å²) in [6.07, 6.45) is 5.64. The van der Waals surface area contributed by atoms with Crippen LogP contribution in [0.15, 0.2) is 41.5 Å². The van der Waals surface area contributed by atoms with Crippen LogP contribution in [0, 0.1) is 11.7 Å². The number of aromatic nitrogens is 3. The summed E-state index contributed by atoms with van der Waals surface area (Å²) in [6.45, 7) is 6.30. The number of nitrogens with one attached hydrogen (secondary N) is 1. The summed E-state index contributed by atoms with van der Waals surface area (Å²) >= 11 is 0. The zero-order valence-electron chi connectivity index (χ0n) is 17.2. The van der Waals surface area contributed by atoms with Gasteiger partial charge in [-0.05, 0) is 36.5 Å². The molecule has 2 aromatic heterocycles. The predicted molar refractivity (Wildman–Crippen MR) is 112 cm³/mol. The molecule has 2 atom stereocenters. The predicted octanol–water partition coefficient (Wildman–Crippen LogP) is 3.29. The number of imidazole rings is 1. The molecule has 0 amide bonds. The quantitative estimate of drug-likeness (QED) is 0.717. The summed E-state index contributed by atoms with van der Waals surface area (Å²) in [5.41, 5.74) is 2.59. The highest BCUT2D eigenvalue weighted by molar-refractivity contribution is 5.45. The van der Waals surface area contributed by atoms with Gasteiger partial charge in [0.2, 0.25) is 0 Å². The number of hydrogen-bond donors (Lipinski definition) is 1. The Bertz CT molecular complexity index is 1080. The average molecular weight is 410 g/mol. The molecule has 0 radical (unpaired) electrons. The van der Waals surface area contributed by atoms with Gasteiger partial charge in [-0.2, -0.15) is 0 Å². The molecule has 2 fully saturated rings. The number of fused-ring (bicyclic) bond motifs is 1. The van der Waals surface area contributed by atoms with Gasteiger partial charge in [-0.15, -0.1) is 0 Å². The van der Waals surface area contributed by atoms with Crippen LogP contribution in [0.3, 0.4) is 0 Å². The van der Waals surface area contributed by atoms with Gasteiger partial charge in [-0.1, -0.05) is 19.1 Å². The van der Waals surface area contributed by atoms with Crippen molar-refractivity contribution in [3.63, 3.8) is 0 Å². The summed E-state index contributed by atoms with van der Waals surface area (Å²) in [4.78, 5) is 22.9. The molecule has 7 heteroatoms. The van der Waals surface area contributed by atoms with Crippen molar-refractivity contribution in [2.24, 2.45) is 5.92 Å². The Balaban J connectivity index is 1.41. The lowest BCUT2D eigenvalue weighted by Gasteiger charge is -2.21. The highest BCUT2D eigenvalue weighted by atomic mass is 19.1. The number of aromatic amines is 1. The molecule has 0 saturated carbocycles. The molecule has 158 valence electrons. The second-order valence-corrected chi connectivity index (χ2v) is 8.70. The minimum Gasteiger partial charge on any atom is -0.381 e. The molecular weight excluding hydrogens is 383 g/mol. The van der Waals surface area contributed by atoms with E-state index in [0.717, 1.165) is 62.8 Å². The molecule has 2 aliphatic rings. The van der Waals surface area contributed by atoms with Crippen LogP contribution >= 0.6 is 0 Å². The van der Waals surface area contributed by atoms with Gasteiger partial charge < -0.3 is 9.72 Å². The third kappa shape index (κ3) is 3.68. The Morgan fingerprint density at radius 1 is 1.20 bits per heavy atom. The summed E-state index contributed by atoms with van der Waals surface area (Å²) in [5.74, 6) is 1.74. The van der Waals surface area contributed by atoms with E-state index in [4.69, 9.17) is 4.74 Å². The van der Waals surface area contributed by atoms with Crippen molar-refractivity contribution in [3.8, 4) is 0 Å². The Morgan fingerprint density at radius 2 is 1.97 bits per heavy atom. The number of likely N-dealkylation sites (tertiary alicyclic amines) is 1. The molecule has 5 rings (SSSR count). The topological polar surface area (TPSA) is 62.6 Å². The summed E-state index contributed by atoms with van der Waals surface area (Å²) in [7, 11) is 0. The van der Waals surface area contributed by atoms with E-state index in [9.17, 15) is 9.18 Å². The highest BCUT2D eigenvalue weighted by Crippen LogP contribution is 2.33. The normalized spacial score (nSPS) is 23.4. The molecule has 1 aromatic carbocycles. The van der Waals surface area contributed by atoms with Gasteiger partial charge in [-0.3, -0.25) is 14.1 Å². The highest BCUT2D eigenvalue weighted by Gasteiger charge is 2.32. The number of ether oxygens (including phenoxy) is 1. The fraction of sp³-hybridized carbons (Fsp3) is 0.478. The average Bonchev–Trinajstić information content (AvgIpc) is 3.34. The van der Waals surface area contributed by atoms with E-state index in [1.54, 1.807) is 6.20 Å². The number of nitrogens with zero attached hydrogens (tertiary/aromatic N) is 3. The SMILES string of the molecule is CC1CN(Cc2ccc(F)cc2)CC1c1cn2c(C3CCOCC3)ncc2c(=O)[nH]1. The van der Waals surface area contributed by atoms with Gasteiger partial charge in [0, 0.05) is 56.6 Å². The Labute approximate surface area is 174 Å². The molecule has 3 aromatic rings. The maximum atomic E-state index is 13.2. The molecular formula is C23H27FN4O2. The lowest BCUT2D eigenvalue weighted by Crippen LogP contribution is -2.22. The lowest BCUT2D eigenvalue weighted by molar-refractivity contribution is 0.0835. The fourth-order valence-corrected chi connectivity index (χ4v) is 4.94. The van der Waals surface area contributed by atoms with Crippen molar-refractivity contribution in [1.82, 2.24) is 19.3 Å². The molecule has 0 bridgehead atoms. The monoisotopic (exact) mass is 410 g/mol. The van der Waals surface area contributed by atoms with E-state index in [2.05, 4.69) is 28.0 Å². The summed E-state index contributed by atoms with van der Waals surface area (Å²) in [6, 6.07) is 6.70. The fourth-order valence-electron chi connectivity index (χ4n) is 4.94. The van der Waals surface area contributed by atoms with Gasteiger partial charge in [0.25, 0.3) is 5.56 Å². The van der Waals surface area contributed by atoms with E-state index >= 15 is 0 Å². The first-order valence-corrected chi connectivity index (χ1v) is 10.7. The number of rotatable bonds is 4. The van der Waals surface area contributed by atoms with E-state index in [-0.39, 0.29) is 17.3 Å². The van der Waals surface area contributed by atoms with Gasteiger partial charge in [0.15, 0.2) is 0 Å². The standard InChI is InChI=1S/C23H27FN4O2/c1-15-11-27(12-16-2-4-18(24)5-3-16)13-19(15)20-14-28-21(23(29)26-20)10-25-22(28)17-6-8-30-9-7-17/h2-5,10,14-15,17,19H,6-9,11-13H2,1H3,(H,26,29). The van der Waals surface area contributed by atoms with Crippen LogP contribution in [0.5, 0.6) is 0 Å². The Kier molecular flexibility index (Phi) is 5.16. The van der Waals surface area contributed by atoms with Gasteiger partial charge in [0.1, 0.15) is 17.2 Å². The maximum Gasteiger partial charge on any atom is 0.274 e. The first kappa shape index (κ1) is 19.5. The van der Waals surface area contributed by atoms with E-state index in [1.807, 2.05) is 16.5 Å².